The monoisotopic (exact) mass is 302 g/mol. The molecule has 0 radical (unpaired) electrons. The summed E-state index contributed by atoms with van der Waals surface area (Å²) < 4.78 is 7.23. The van der Waals surface area contributed by atoms with E-state index in [1.54, 1.807) is 25.7 Å². The maximum Gasteiger partial charge on any atom is 0.241 e. The number of nitrogens with zero attached hydrogens (tertiary/aromatic N) is 2. The van der Waals surface area contributed by atoms with Crippen LogP contribution in [0.25, 0.3) is 5.69 Å². The Kier molecular flexibility index (Phi) is 5.16. The minimum Gasteiger partial charge on any atom is -0.494 e. The molecule has 0 aliphatic heterocycles. The topological polar surface area (TPSA) is 82.2 Å². The summed E-state index contributed by atoms with van der Waals surface area (Å²) in [5.74, 6) is 0.832. The lowest BCUT2D eigenvalue weighted by atomic mass is 10.0. The molecule has 0 aliphatic carbocycles. The van der Waals surface area contributed by atoms with Gasteiger partial charge in [0.05, 0.1) is 25.2 Å². The zero-order chi connectivity index (χ0) is 16.1. The number of methoxy groups -OCH3 is 1. The Labute approximate surface area is 130 Å². The fourth-order valence-electron chi connectivity index (χ4n) is 2.22. The second kappa shape index (κ2) is 7.09. The fraction of sp³-hybridized carbons (Fsp3) is 0.375. The zero-order valence-corrected chi connectivity index (χ0v) is 13.1. The predicted molar refractivity (Wildman–Crippen MR) is 86.2 cm³/mol. The number of hydrogen-bond acceptors (Lipinski definition) is 4. The highest BCUT2D eigenvalue weighted by atomic mass is 16.5. The van der Waals surface area contributed by atoms with Crippen molar-refractivity contribution in [2.24, 2.45) is 11.7 Å². The highest BCUT2D eigenvalue weighted by molar-refractivity contribution is 5.95. The molecule has 1 heterocycles. The van der Waals surface area contributed by atoms with Gasteiger partial charge < -0.3 is 20.4 Å². The zero-order valence-electron chi connectivity index (χ0n) is 13.1. The van der Waals surface area contributed by atoms with E-state index in [0.29, 0.717) is 23.8 Å². The van der Waals surface area contributed by atoms with Gasteiger partial charge in [-0.3, -0.25) is 4.79 Å². The maximum atomic E-state index is 12.1. The van der Waals surface area contributed by atoms with Gasteiger partial charge in [-0.05, 0) is 24.5 Å². The van der Waals surface area contributed by atoms with E-state index in [2.05, 4.69) is 10.3 Å². The Balaban J connectivity index is 2.15. The van der Waals surface area contributed by atoms with Gasteiger partial charge >= 0.3 is 0 Å². The standard InChI is InChI=1S/C16H22N4O2/c1-11(2)8-13(17)16(21)19-12-4-5-14(15(9-12)22-3)20-7-6-18-10-20/h4-7,9-11,13H,8,17H2,1-3H3,(H,19,21). The van der Waals surface area contributed by atoms with Crippen molar-refractivity contribution in [1.82, 2.24) is 9.55 Å². The molecule has 6 nitrogen and oxygen atoms in total. The van der Waals surface area contributed by atoms with E-state index in [1.165, 1.54) is 0 Å². The highest BCUT2D eigenvalue weighted by Gasteiger charge is 2.16. The van der Waals surface area contributed by atoms with Crippen LogP contribution in [0.3, 0.4) is 0 Å². The van der Waals surface area contributed by atoms with Crippen LogP contribution in [-0.2, 0) is 4.79 Å². The molecule has 0 spiro atoms. The quantitative estimate of drug-likeness (QED) is 0.857. The van der Waals surface area contributed by atoms with E-state index in [-0.39, 0.29) is 5.91 Å². The summed E-state index contributed by atoms with van der Waals surface area (Å²) in [6, 6.07) is 4.94. The van der Waals surface area contributed by atoms with Gasteiger partial charge in [-0.15, -0.1) is 0 Å². The Morgan fingerprint density at radius 3 is 2.82 bits per heavy atom. The molecule has 2 aromatic rings. The first-order chi connectivity index (χ1) is 10.5. The summed E-state index contributed by atoms with van der Waals surface area (Å²) in [4.78, 5) is 16.1. The van der Waals surface area contributed by atoms with Gasteiger partial charge in [0.1, 0.15) is 5.75 Å². The Hall–Kier alpha value is -2.34. The van der Waals surface area contributed by atoms with Crippen molar-refractivity contribution >= 4 is 11.6 Å². The molecule has 0 bridgehead atoms. The van der Waals surface area contributed by atoms with Gasteiger partial charge in [-0.2, -0.15) is 0 Å². The molecule has 0 saturated carbocycles. The van der Waals surface area contributed by atoms with Crippen molar-refractivity contribution in [3.63, 3.8) is 0 Å². The summed E-state index contributed by atoms with van der Waals surface area (Å²) in [7, 11) is 1.59. The number of rotatable bonds is 6. The number of imidazole rings is 1. The van der Waals surface area contributed by atoms with E-state index < -0.39 is 6.04 Å². The molecule has 6 heteroatoms. The molecule has 1 atom stereocenters. The molecule has 1 unspecified atom stereocenters. The lowest BCUT2D eigenvalue weighted by molar-refractivity contribution is -0.117. The Morgan fingerprint density at radius 1 is 1.45 bits per heavy atom. The number of anilines is 1. The normalized spacial score (nSPS) is 12.2. The molecule has 0 aliphatic rings. The van der Waals surface area contributed by atoms with Crippen molar-refractivity contribution in [2.45, 2.75) is 26.3 Å². The van der Waals surface area contributed by atoms with Crippen LogP contribution < -0.4 is 15.8 Å². The Bertz CT molecular complexity index is 623. The average Bonchev–Trinajstić information content (AvgIpc) is 3.00. The third-order valence-corrected chi connectivity index (χ3v) is 3.29. The number of benzene rings is 1. The summed E-state index contributed by atoms with van der Waals surface area (Å²) in [6.45, 7) is 4.08. The fourth-order valence-corrected chi connectivity index (χ4v) is 2.22. The Morgan fingerprint density at radius 2 is 2.23 bits per heavy atom. The van der Waals surface area contributed by atoms with Crippen LogP contribution in [-0.4, -0.2) is 28.6 Å². The van der Waals surface area contributed by atoms with Crippen molar-refractivity contribution in [3.05, 3.63) is 36.9 Å². The van der Waals surface area contributed by atoms with Crippen molar-refractivity contribution < 1.29 is 9.53 Å². The van der Waals surface area contributed by atoms with E-state index in [9.17, 15) is 4.79 Å². The minimum absolute atomic E-state index is 0.189. The second-order valence-electron chi connectivity index (χ2n) is 5.58. The summed E-state index contributed by atoms with van der Waals surface area (Å²) in [5, 5.41) is 2.83. The van der Waals surface area contributed by atoms with E-state index >= 15 is 0 Å². The maximum absolute atomic E-state index is 12.1. The first kappa shape index (κ1) is 16.0. The minimum atomic E-state index is -0.515. The van der Waals surface area contributed by atoms with Crippen molar-refractivity contribution in [2.75, 3.05) is 12.4 Å². The lowest BCUT2D eigenvalue weighted by Crippen LogP contribution is -2.36. The van der Waals surface area contributed by atoms with Crippen molar-refractivity contribution in [1.29, 1.82) is 0 Å². The molecule has 0 fully saturated rings. The SMILES string of the molecule is COc1cc(NC(=O)C(N)CC(C)C)ccc1-n1ccnc1. The number of aromatic nitrogens is 2. The first-order valence-electron chi connectivity index (χ1n) is 7.24. The van der Waals surface area contributed by atoms with E-state index in [4.69, 9.17) is 10.5 Å². The van der Waals surface area contributed by atoms with E-state index in [0.717, 1.165) is 5.69 Å². The van der Waals surface area contributed by atoms with Gasteiger partial charge in [-0.1, -0.05) is 13.8 Å². The van der Waals surface area contributed by atoms with Gasteiger partial charge in [0.25, 0.3) is 0 Å². The smallest absolute Gasteiger partial charge is 0.241 e. The molecule has 0 saturated heterocycles. The van der Waals surface area contributed by atoms with Gasteiger partial charge in [0, 0.05) is 24.1 Å². The van der Waals surface area contributed by atoms with Gasteiger partial charge in [-0.25, -0.2) is 4.98 Å². The largest absolute Gasteiger partial charge is 0.494 e. The third kappa shape index (κ3) is 3.85. The van der Waals surface area contributed by atoms with Crippen molar-refractivity contribution in [3.8, 4) is 11.4 Å². The number of amides is 1. The predicted octanol–water partition coefficient (Wildman–Crippen LogP) is 2.19. The van der Waals surface area contributed by atoms with Crippen LogP contribution in [0.15, 0.2) is 36.9 Å². The van der Waals surface area contributed by atoms with Crippen LogP contribution in [0.2, 0.25) is 0 Å². The van der Waals surface area contributed by atoms with Gasteiger partial charge in [0.15, 0.2) is 0 Å². The summed E-state index contributed by atoms with van der Waals surface area (Å²) in [6.07, 6.45) is 5.86. The molecule has 1 amide bonds. The molecule has 2 rings (SSSR count). The van der Waals surface area contributed by atoms with E-state index in [1.807, 2.05) is 36.7 Å². The number of nitrogens with two attached hydrogens (primary N) is 1. The third-order valence-electron chi connectivity index (χ3n) is 3.29. The number of carbonyl (C=O) groups is 1. The molecule has 1 aromatic carbocycles. The summed E-state index contributed by atoms with van der Waals surface area (Å²) >= 11 is 0. The number of hydrogen-bond donors (Lipinski definition) is 2. The highest BCUT2D eigenvalue weighted by Crippen LogP contribution is 2.26. The number of nitrogens with one attached hydrogen (secondary N) is 1. The second-order valence-corrected chi connectivity index (χ2v) is 5.58. The molecule has 118 valence electrons. The molecule has 3 N–H and O–H groups in total. The number of carbonyl (C=O) groups excluding carboxylic acids is 1. The molecular formula is C16H22N4O2. The van der Waals surface area contributed by atoms with Crippen LogP contribution in [0.1, 0.15) is 20.3 Å². The molecular weight excluding hydrogens is 280 g/mol. The summed E-state index contributed by atoms with van der Waals surface area (Å²) in [5.41, 5.74) is 7.40. The van der Waals surface area contributed by atoms with Gasteiger partial charge in [0.2, 0.25) is 5.91 Å². The average molecular weight is 302 g/mol. The van der Waals surface area contributed by atoms with Crippen LogP contribution in [0.4, 0.5) is 5.69 Å². The van der Waals surface area contributed by atoms with Crippen LogP contribution in [0, 0.1) is 5.92 Å². The number of ether oxygens (including phenoxy) is 1. The van der Waals surface area contributed by atoms with Crippen LogP contribution in [0.5, 0.6) is 5.75 Å². The lowest BCUT2D eigenvalue weighted by Gasteiger charge is -2.16. The molecule has 22 heavy (non-hydrogen) atoms. The molecule has 1 aromatic heterocycles. The van der Waals surface area contributed by atoms with Crippen LogP contribution >= 0.6 is 0 Å². The first-order valence-corrected chi connectivity index (χ1v) is 7.24.